The van der Waals surface area contributed by atoms with Crippen molar-refractivity contribution in [2.45, 2.75) is 13.8 Å². The number of nitrogen functional groups attached to an aromatic ring is 1. The molecule has 0 aliphatic rings. The lowest BCUT2D eigenvalue weighted by Gasteiger charge is -2.12. The van der Waals surface area contributed by atoms with Crippen LogP contribution in [0.3, 0.4) is 0 Å². The Hall–Kier alpha value is -2.49. The third kappa shape index (κ3) is 2.74. The van der Waals surface area contributed by atoms with Gasteiger partial charge in [-0.3, -0.25) is 4.79 Å². The van der Waals surface area contributed by atoms with E-state index in [1.807, 2.05) is 32.0 Å². The molecule has 2 aromatic rings. The number of hydrogen-bond acceptors (Lipinski definition) is 3. The molecular weight excluding hydrogens is 252 g/mol. The van der Waals surface area contributed by atoms with Gasteiger partial charge in [-0.1, -0.05) is 18.2 Å². The van der Waals surface area contributed by atoms with E-state index in [4.69, 9.17) is 10.5 Å². The van der Waals surface area contributed by atoms with Crippen molar-refractivity contribution >= 4 is 17.3 Å². The molecule has 0 radical (unpaired) electrons. The monoisotopic (exact) mass is 270 g/mol. The minimum Gasteiger partial charge on any atom is -0.495 e. The molecule has 0 saturated carbocycles. The van der Waals surface area contributed by atoms with Crippen LogP contribution in [0.5, 0.6) is 5.75 Å². The van der Waals surface area contributed by atoms with Crippen LogP contribution in [0, 0.1) is 13.8 Å². The van der Waals surface area contributed by atoms with Crippen LogP contribution in [0.4, 0.5) is 11.4 Å². The lowest BCUT2D eigenvalue weighted by atomic mass is 10.1. The number of anilines is 2. The predicted octanol–water partition coefficient (Wildman–Crippen LogP) is 3.15. The van der Waals surface area contributed by atoms with E-state index in [0.29, 0.717) is 17.0 Å². The first-order chi connectivity index (χ1) is 9.52. The minimum atomic E-state index is -0.180. The third-order valence-electron chi connectivity index (χ3n) is 3.22. The highest BCUT2D eigenvalue weighted by Gasteiger charge is 2.11. The first-order valence-electron chi connectivity index (χ1n) is 6.34. The molecule has 104 valence electrons. The number of nitrogens with two attached hydrogens (primary N) is 1. The highest BCUT2D eigenvalue weighted by atomic mass is 16.5. The summed E-state index contributed by atoms with van der Waals surface area (Å²) in [7, 11) is 1.53. The zero-order valence-corrected chi connectivity index (χ0v) is 11.9. The number of para-hydroxylation sites is 1. The molecular formula is C16H18N2O2. The summed E-state index contributed by atoms with van der Waals surface area (Å²) in [6.07, 6.45) is 0. The van der Waals surface area contributed by atoms with E-state index in [1.54, 1.807) is 18.2 Å². The molecule has 4 nitrogen and oxygen atoms in total. The molecule has 0 unspecified atom stereocenters. The fourth-order valence-corrected chi connectivity index (χ4v) is 2.05. The van der Waals surface area contributed by atoms with Crippen molar-refractivity contribution in [2.24, 2.45) is 0 Å². The van der Waals surface area contributed by atoms with Gasteiger partial charge in [0.05, 0.1) is 12.8 Å². The van der Waals surface area contributed by atoms with Crippen molar-refractivity contribution < 1.29 is 9.53 Å². The second-order valence-corrected chi connectivity index (χ2v) is 4.68. The SMILES string of the molecule is COc1cc(C(=O)Nc2c(C)cccc2C)ccc1N. The molecule has 0 saturated heterocycles. The summed E-state index contributed by atoms with van der Waals surface area (Å²) >= 11 is 0. The molecule has 0 atom stereocenters. The van der Waals surface area contributed by atoms with E-state index in [0.717, 1.165) is 16.8 Å². The largest absolute Gasteiger partial charge is 0.495 e. The smallest absolute Gasteiger partial charge is 0.255 e. The number of hydrogen-bond donors (Lipinski definition) is 2. The lowest BCUT2D eigenvalue weighted by molar-refractivity contribution is 0.102. The number of amides is 1. The van der Waals surface area contributed by atoms with Crippen LogP contribution in [0.2, 0.25) is 0 Å². The molecule has 2 aromatic carbocycles. The predicted molar refractivity (Wildman–Crippen MR) is 81.3 cm³/mol. The Morgan fingerprint density at radius 3 is 2.40 bits per heavy atom. The highest BCUT2D eigenvalue weighted by Crippen LogP contribution is 2.24. The maximum absolute atomic E-state index is 12.3. The van der Waals surface area contributed by atoms with Gasteiger partial charge in [0, 0.05) is 11.3 Å². The van der Waals surface area contributed by atoms with Gasteiger partial charge in [-0.2, -0.15) is 0 Å². The summed E-state index contributed by atoms with van der Waals surface area (Å²) in [5.74, 6) is 0.319. The fourth-order valence-electron chi connectivity index (χ4n) is 2.05. The van der Waals surface area contributed by atoms with E-state index < -0.39 is 0 Å². The van der Waals surface area contributed by atoms with Gasteiger partial charge in [0.1, 0.15) is 5.75 Å². The molecule has 0 heterocycles. The highest BCUT2D eigenvalue weighted by molar-refractivity contribution is 6.05. The Kier molecular flexibility index (Phi) is 3.94. The minimum absolute atomic E-state index is 0.180. The van der Waals surface area contributed by atoms with Crippen LogP contribution in [-0.2, 0) is 0 Å². The molecule has 0 fully saturated rings. The third-order valence-corrected chi connectivity index (χ3v) is 3.22. The van der Waals surface area contributed by atoms with Gasteiger partial charge in [-0.25, -0.2) is 0 Å². The molecule has 3 N–H and O–H groups in total. The number of benzene rings is 2. The molecule has 20 heavy (non-hydrogen) atoms. The summed E-state index contributed by atoms with van der Waals surface area (Å²) < 4.78 is 5.13. The van der Waals surface area contributed by atoms with Crippen molar-refractivity contribution in [1.82, 2.24) is 0 Å². The Balaban J connectivity index is 2.29. The quantitative estimate of drug-likeness (QED) is 0.842. The number of nitrogens with one attached hydrogen (secondary N) is 1. The van der Waals surface area contributed by atoms with E-state index in [-0.39, 0.29) is 5.91 Å². The lowest BCUT2D eigenvalue weighted by Crippen LogP contribution is -2.14. The van der Waals surface area contributed by atoms with Crippen LogP contribution < -0.4 is 15.8 Å². The number of methoxy groups -OCH3 is 1. The molecule has 0 aliphatic heterocycles. The average Bonchev–Trinajstić information content (AvgIpc) is 2.43. The van der Waals surface area contributed by atoms with E-state index in [2.05, 4.69) is 5.32 Å². The van der Waals surface area contributed by atoms with Crippen LogP contribution in [-0.4, -0.2) is 13.0 Å². The molecule has 0 aliphatic carbocycles. The van der Waals surface area contributed by atoms with Gasteiger partial charge in [-0.05, 0) is 43.2 Å². The Labute approximate surface area is 118 Å². The van der Waals surface area contributed by atoms with E-state index in [9.17, 15) is 4.79 Å². The van der Waals surface area contributed by atoms with Crippen LogP contribution in [0.15, 0.2) is 36.4 Å². The molecule has 4 heteroatoms. The summed E-state index contributed by atoms with van der Waals surface area (Å²) in [4.78, 5) is 12.3. The molecule has 1 amide bonds. The molecule has 0 bridgehead atoms. The number of aryl methyl sites for hydroxylation is 2. The van der Waals surface area contributed by atoms with Gasteiger partial charge in [0.2, 0.25) is 0 Å². The topological polar surface area (TPSA) is 64.3 Å². The second kappa shape index (κ2) is 5.65. The number of carbonyl (C=O) groups is 1. The van der Waals surface area contributed by atoms with Crippen LogP contribution in [0.25, 0.3) is 0 Å². The van der Waals surface area contributed by atoms with E-state index in [1.165, 1.54) is 7.11 Å². The summed E-state index contributed by atoms with van der Waals surface area (Å²) in [5, 5.41) is 2.93. The molecule has 0 spiro atoms. The number of ether oxygens (including phenoxy) is 1. The Morgan fingerprint density at radius 2 is 1.80 bits per heavy atom. The summed E-state index contributed by atoms with van der Waals surface area (Å²) in [6.45, 7) is 3.93. The normalized spacial score (nSPS) is 10.2. The maximum atomic E-state index is 12.3. The van der Waals surface area contributed by atoms with Gasteiger partial charge in [0.25, 0.3) is 5.91 Å². The zero-order valence-electron chi connectivity index (χ0n) is 11.9. The van der Waals surface area contributed by atoms with E-state index >= 15 is 0 Å². The van der Waals surface area contributed by atoms with Gasteiger partial charge < -0.3 is 15.8 Å². The van der Waals surface area contributed by atoms with Crippen molar-refractivity contribution in [2.75, 3.05) is 18.2 Å². The van der Waals surface area contributed by atoms with Crippen molar-refractivity contribution in [3.8, 4) is 5.75 Å². The number of rotatable bonds is 3. The first-order valence-corrected chi connectivity index (χ1v) is 6.34. The summed E-state index contributed by atoms with van der Waals surface area (Å²) in [6, 6.07) is 10.9. The Bertz CT molecular complexity index is 631. The maximum Gasteiger partial charge on any atom is 0.255 e. The average molecular weight is 270 g/mol. The van der Waals surface area contributed by atoms with Crippen molar-refractivity contribution in [3.63, 3.8) is 0 Å². The number of carbonyl (C=O) groups excluding carboxylic acids is 1. The molecule has 0 aromatic heterocycles. The van der Waals surface area contributed by atoms with Crippen molar-refractivity contribution in [1.29, 1.82) is 0 Å². The van der Waals surface area contributed by atoms with Crippen LogP contribution >= 0.6 is 0 Å². The molecule has 2 rings (SSSR count). The standard InChI is InChI=1S/C16H18N2O2/c1-10-5-4-6-11(2)15(10)18-16(19)12-7-8-13(17)14(9-12)20-3/h4-9H,17H2,1-3H3,(H,18,19). The Morgan fingerprint density at radius 1 is 1.15 bits per heavy atom. The fraction of sp³-hybridized carbons (Fsp3) is 0.188. The zero-order chi connectivity index (χ0) is 14.7. The van der Waals surface area contributed by atoms with Gasteiger partial charge in [0.15, 0.2) is 0 Å². The van der Waals surface area contributed by atoms with Gasteiger partial charge in [-0.15, -0.1) is 0 Å². The second-order valence-electron chi connectivity index (χ2n) is 4.68. The van der Waals surface area contributed by atoms with Gasteiger partial charge >= 0.3 is 0 Å². The first kappa shape index (κ1) is 13.9. The van der Waals surface area contributed by atoms with Crippen LogP contribution in [0.1, 0.15) is 21.5 Å². The van der Waals surface area contributed by atoms with Crippen molar-refractivity contribution in [3.05, 3.63) is 53.1 Å². The summed E-state index contributed by atoms with van der Waals surface area (Å²) in [5.41, 5.74) is 9.67.